The molecule has 1 N–H and O–H groups in total. The van der Waals surface area contributed by atoms with Gasteiger partial charge in [-0.3, -0.25) is 10.1 Å². The smallest absolute Gasteiger partial charge is 0.322 e. The van der Waals surface area contributed by atoms with Gasteiger partial charge in [0.2, 0.25) is 5.91 Å². The van der Waals surface area contributed by atoms with Gasteiger partial charge in [0.1, 0.15) is 11.5 Å². The number of rotatable bonds is 6. The molecule has 6 nitrogen and oxygen atoms in total. The van der Waals surface area contributed by atoms with E-state index >= 15 is 0 Å². The molecule has 0 bridgehead atoms. The van der Waals surface area contributed by atoms with Crippen LogP contribution in [-0.4, -0.2) is 21.9 Å². The van der Waals surface area contributed by atoms with Crippen molar-refractivity contribution in [3.8, 4) is 11.5 Å². The van der Waals surface area contributed by atoms with Crippen LogP contribution >= 0.6 is 11.8 Å². The molecule has 0 fully saturated rings. The van der Waals surface area contributed by atoms with Crippen LogP contribution in [0.25, 0.3) is 11.5 Å². The Labute approximate surface area is 143 Å². The Kier molecular flexibility index (Phi) is 5.00. The molecule has 0 radical (unpaired) electrons. The average Bonchev–Trinajstić information content (AvgIpc) is 3.14. The van der Waals surface area contributed by atoms with Crippen LogP contribution in [0, 0.1) is 13.8 Å². The van der Waals surface area contributed by atoms with E-state index in [0.717, 1.165) is 16.2 Å². The van der Waals surface area contributed by atoms with Crippen molar-refractivity contribution >= 4 is 23.7 Å². The SMILES string of the molecule is Cc1cc(-c2nnc(NC(=O)CCSc3ccccc3)o2)c(C)o1. The summed E-state index contributed by atoms with van der Waals surface area (Å²) in [5.41, 5.74) is 0.736. The normalized spacial score (nSPS) is 10.8. The topological polar surface area (TPSA) is 81.2 Å². The molecule has 7 heteroatoms. The van der Waals surface area contributed by atoms with Gasteiger partial charge in [-0.05, 0) is 32.0 Å². The number of anilines is 1. The van der Waals surface area contributed by atoms with Gasteiger partial charge in [0.05, 0.1) is 5.56 Å². The van der Waals surface area contributed by atoms with E-state index < -0.39 is 0 Å². The summed E-state index contributed by atoms with van der Waals surface area (Å²) >= 11 is 1.63. The number of aryl methyl sites for hydroxylation is 2. The largest absolute Gasteiger partial charge is 0.466 e. The standard InChI is InChI=1S/C17H17N3O3S/c1-11-10-14(12(2)22-11)16-19-20-17(23-16)18-15(21)8-9-24-13-6-4-3-5-7-13/h3-7,10H,8-9H2,1-2H3,(H,18,20,21). The van der Waals surface area contributed by atoms with Crippen LogP contribution in [0.5, 0.6) is 0 Å². The summed E-state index contributed by atoms with van der Waals surface area (Å²) in [6, 6.07) is 11.9. The zero-order valence-electron chi connectivity index (χ0n) is 13.4. The van der Waals surface area contributed by atoms with Gasteiger partial charge in [-0.2, -0.15) is 0 Å². The van der Waals surface area contributed by atoms with E-state index in [9.17, 15) is 4.79 Å². The molecule has 0 saturated heterocycles. The summed E-state index contributed by atoms with van der Waals surface area (Å²) in [7, 11) is 0. The third-order valence-corrected chi connectivity index (χ3v) is 4.30. The Hall–Kier alpha value is -2.54. The Morgan fingerprint density at radius 2 is 1.96 bits per heavy atom. The van der Waals surface area contributed by atoms with Gasteiger partial charge in [0.15, 0.2) is 0 Å². The predicted octanol–water partition coefficient (Wildman–Crippen LogP) is 4.07. The fourth-order valence-electron chi connectivity index (χ4n) is 2.19. The summed E-state index contributed by atoms with van der Waals surface area (Å²) in [6.45, 7) is 3.67. The third kappa shape index (κ3) is 4.05. The molecular formula is C17H17N3O3S. The molecule has 0 atom stereocenters. The van der Waals surface area contributed by atoms with E-state index in [2.05, 4.69) is 15.5 Å². The molecule has 0 aliphatic carbocycles. The molecule has 1 aromatic carbocycles. The highest BCUT2D eigenvalue weighted by Crippen LogP contribution is 2.26. The molecule has 124 valence electrons. The van der Waals surface area contributed by atoms with Crippen LogP contribution in [-0.2, 0) is 4.79 Å². The number of thioether (sulfide) groups is 1. The van der Waals surface area contributed by atoms with Gasteiger partial charge in [-0.15, -0.1) is 16.9 Å². The first kappa shape index (κ1) is 16.3. The summed E-state index contributed by atoms with van der Waals surface area (Å²) < 4.78 is 10.9. The van der Waals surface area contributed by atoms with E-state index in [1.165, 1.54) is 0 Å². The van der Waals surface area contributed by atoms with Gasteiger partial charge in [0, 0.05) is 17.1 Å². The number of carbonyl (C=O) groups excluding carboxylic acids is 1. The van der Waals surface area contributed by atoms with Crippen molar-refractivity contribution in [3.63, 3.8) is 0 Å². The van der Waals surface area contributed by atoms with Crippen LogP contribution in [0.4, 0.5) is 6.01 Å². The predicted molar refractivity (Wildman–Crippen MR) is 91.9 cm³/mol. The fraction of sp³-hybridized carbons (Fsp3) is 0.235. The second kappa shape index (κ2) is 7.35. The number of aromatic nitrogens is 2. The van der Waals surface area contributed by atoms with Crippen molar-refractivity contribution in [2.24, 2.45) is 0 Å². The van der Waals surface area contributed by atoms with Gasteiger partial charge < -0.3 is 8.83 Å². The molecule has 3 aromatic rings. The van der Waals surface area contributed by atoms with Crippen LogP contribution < -0.4 is 5.32 Å². The number of furan rings is 1. The molecule has 0 aliphatic heterocycles. The lowest BCUT2D eigenvalue weighted by Gasteiger charge is -2.01. The number of benzene rings is 1. The second-order valence-corrected chi connectivity index (χ2v) is 6.37. The minimum Gasteiger partial charge on any atom is -0.466 e. The number of amides is 1. The Balaban J connectivity index is 1.53. The van der Waals surface area contributed by atoms with E-state index in [4.69, 9.17) is 8.83 Å². The van der Waals surface area contributed by atoms with Crippen LogP contribution in [0.2, 0.25) is 0 Å². The number of nitrogens with zero attached hydrogens (tertiary/aromatic N) is 2. The number of nitrogens with one attached hydrogen (secondary N) is 1. The molecule has 0 saturated carbocycles. The van der Waals surface area contributed by atoms with Gasteiger partial charge in [-0.1, -0.05) is 23.3 Å². The maximum atomic E-state index is 11.9. The summed E-state index contributed by atoms with van der Waals surface area (Å²) in [6.07, 6.45) is 0.362. The maximum Gasteiger partial charge on any atom is 0.322 e. The van der Waals surface area contributed by atoms with Gasteiger partial charge >= 0.3 is 6.01 Å². The first-order valence-corrected chi connectivity index (χ1v) is 8.49. The monoisotopic (exact) mass is 343 g/mol. The maximum absolute atomic E-state index is 11.9. The van der Waals surface area contributed by atoms with E-state index in [1.807, 2.05) is 50.2 Å². The first-order chi connectivity index (χ1) is 11.6. The van der Waals surface area contributed by atoms with Crippen molar-refractivity contribution in [2.45, 2.75) is 25.2 Å². The fourth-order valence-corrected chi connectivity index (χ4v) is 3.06. The lowest BCUT2D eigenvalue weighted by molar-refractivity contribution is -0.115. The van der Waals surface area contributed by atoms with Crippen molar-refractivity contribution in [2.75, 3.05) is 11.1 Å². The van der Waals surface area contributed by atoms with Gasteiger partial charge in [-0.25, -0.2) is 0 Å². The average molecular weight is 343 g/mol. The van der Waals surface area contributed by atoms with E-state index in [0.29, 0.717) is 23.8 Å². The minimum atomic E-state index is -0.159. The number of hydrogen-bond acceptors (Lipinski definition) is 6. The highest BCUT2D eigenvalue weighted by molar-refractivity contribution is 7.99. The molecule has 2 aromatic heterocycles. The molecule has 0 spiro atoms. The first-order valence-electron chi connectivity index (χ1n) is 7.50. The molecular weight excluding hydrogens is 326 g/mol. The summed E-state index contributed by atoms with van der Waals surface area (Å²) in [5, 5.41) is 10.4. The second-order valence-electron chi connectivity index (χ2n) is 5.20. The van der Waals surface area contributed by atoms with E-state index in [-0.39, 0.29) is 11.9 Å². The van der Waals surface area contributed by atoms with Gasteiger partial charge in [0.25, 0.3) is 5.89 Å². The molecule has 0 unspecified atom stereocenters. The quantitative estimate of drug-likeness (QED) is 0.680. The number of carbonyl (C=O) groups is 1. The molecule has 3 rings (SSSR count). The lowest BCUT2D eigenvalue weighted by Crippen LogP contribution is -2.12. The lowest BCUT2D eigenvalue weighted by atomic mass is 10.2. The van der Waals surface area contributed by atoms with E-state index in [1.54, 1.807) is 11.8 Å². The third-order valence-electron chi connectivity index (χ3n) is 3.28. The minimum absolute atomic E-state index is 0.0953. The van der Waals surface area contributed by atoms with Crippen LogP contribution in [0.3, 0.4) is 0 Å². The number of hydrogen-bond donors (Lipinski definition) is 1. The summed E-state index contributed by atoms with van der Waals surface area (Å²) in [5.74, 6) is 2.32. The highest BCUT2D eigenvalue weighted by atomic mass is 32.2. The van der Waals surface area contributed by atoms with Crippen LogP contribution in [0.1, 0.15) is 17.9 Å². The van der Waals surface area contributed by atoms with Crippen molar-refractivity contribution in [3.05, 3.63) is 47.9 Å². The Morgan fingerprint density at radius 3 is 2.67 bits per heavy atom. The van der Waals surface area contributed by atoms with Crippen molar-refractivity contribution in [1.82, 2.24) is 10.2 Å². The molecule has 1 amide bonds. The van der Waals surface area contributed by atoms with Crippen molar-refractivity contribution in [1.29, 1.82) is 0 Å². The van der Waals surface area contributed by atoms with Crippen LogP contribution in [0.15, 0.2) is 50.1 Å². The highest BCUT2D eigenvalue weighted by Gasteiger charge is 2.15. The zero-order chi connectivity index (χ0) is 16.9. The van der Waals surface area contributed by atoms with Crippen molar-refractivity contribution < 1.29 is 13.6 Å². The zero-order valence-corrected chi connectivity index (χ0v) is 14.2. The Bertz CT molecular complexity index is 827. The molecule has 24 heavy (non-hydrogen) atoms. The summed E-state index contributed by atoms with van der Waals surface area (Å²) in [4.78, 5) is 13.1. The molecule has 2 heterocycles. The molecule has 0 aliphatic rings. The Morgan fingerprint density at radius 1 is 1.17 bits per heavy atom.